The Morgan fingerprint density at radius 3 is 2.79 bits per heavy atom. The maximum absolute atomic E-state index is 5.50. The molecule has 0 radical (unpaired) electrons. The molecule has 1 spiro atoms. The van der Waals surface area contributed by atoms with Gasteiger partial charge in [0.15, 0.2) is 0 Å². The van der Waals surface area contributed by atoms with Crippen LogP contribution in [0.5, 0.6) is 0 Å². The third-order valence-corrected chi connectivity index (χ3v) is 4.66. The predicted molar refractivity (Wildman–Crippen MR) is 69.9 cm³/mol. The molecule has 2 aliphatic rings. The summed E-state index contributed by atoms with van der Waals surface area (Å²) in [5.74, 6) is 1.13. The molecule has 0 aromatic carbocycles. The van der Waals surface area contributed by atoms with Gasteiger partial charge in [-0.2, -0.15) is 0 Å². The molecule has 19 heavy (non-hydrogen) atoms. The minimum atomic E-state index is 0.0497. The maximum Gasteiger partial charge on any atom is 0.146 e. The fraction of sp³-hybridized carbons (Fsp3) is 0.533. The van der Waals surface area contributed by atoms with Gasteiger partial charge in [-0.05, 0) is 32.6 Å². The van der Waals surface area contributed by atoms with Crippen LogP contribution in [0.15, 0.2) is 23.1 Å². The molecule has 0 N–H and O–H groups in total. The SMILES string of the molecule is Cc1cncc(C2(C)Cc3cnoc3C3(CC3)C2)n1. The van der Waals surface area contributed by atoms with Crippen LogP contribution in [0.3, 0.4) is 0 Å². The van der Waals surface area contributed by atoms with Gasteiger partial charge in [-0.25, -0.2) is 0 Å². The fourth-order valence-electron chi connectivity index (χ4n) is 3.62. The topological polar surface area (TPSA) is 51.8 Å². The fourth-order valence-corrected chi connectivity index (χ4v) is 3.62. The average molecular weight is 255 g/mol. The van der Waals surface area contributed by atoms with Crippen LogP contribution in [0, 0.1) is 6.92 Å². The first-order valence-corrected chi connectivity index (χ1v) is 6.85. The summed E-state index contributed by atoms with van der Waals surface area (Å²) >= 11 is 0. The van der Waals surface area contributed by atoms with E-state index < -0.39 is 0 Å². The predicted octanol–water partition coefficient (Wildman–Crippen LogP) is 2.71. The molecule has 1 unspecified atom stereocenters. The lowest BCUT2D eigenvalue weighted by Crippen LogP contribution is -2.36. The van der Waals surface area contributed by atoms with Crippen LogP contribution in [0.1, 0.15) is 48.9 Å². The van der Waals surface area contributed by atoms with E-state index in [1.54, 1.807) is 0 Å². The number of nitrogens with zero attached hydrogens (tertiary/aromatic N) is 3. The van der Waals surface area contributed by atoms with Crippen molar-refractivity contribution in [2.24, 2.45) is 0 Å². The minimum Gasteiger partial charge on any atom is -0.361 e. The van der Waals surface area contributed by atoms with Crippen LogP contribution < -0.4 is 0 Å². The monoisotopic (exact) mass is 255 g/mol. The first-order valence-electron chi connectivity index (χ1n) is 6.85. The van der Waals surface area contributed by atoms with E-state index in [9.17, 15) is 0 Å². The summed E-state index contributed by atoms with van der Waals surface area (Å²) in [6.07, 6.45) is 10.1. The molecule has 2 heterocycles. The van der Waals surface area contributed by atoms with Crippen molar-refractivity contribution in [3.8, 4) is 0 Å². The molecule has 1 fully saturated rings. The molecule has 4 rings (SSSR count). The standard InChI is InChI=1S/C15H17N3O/c1-10-6-16-8-12(18-10)14(2)5-11-7-17-19-13(11)15(9-14)3-4-15/h6-8H,3-5,9H2,1-2H3. The lowest BCUT2D eigenvalue weighted by atomic mass is 9.67. The summed E-state index contributed by atoms with van der Waals surface area (Å²) in [6, 6.07) is 0. The quantitative estimate of drug-likeness (QED) is 0.786. The van der Waals surface area contributed by atoms with E-state index in [0.29, 0.717) is 0 Å². The van der Waals surface area contributed by atoms with Gasteiger partial charge in [-0.15, -0.1) is 0 Å². The molecular weight excluding hydrogens is 238 g/mol. The average Bonchev–Trinajstić information content (AvgIpc) is 2.96. The Kier molecular flexibility index (Phi) is 2.02. The molecule has 0 bridgehead atoms. The summed E-state index contributed by atoms with van der Waals surface area (Å²) in [6.45, 7) is 4.30. The number of aryl methyl sites for hydroxylation is 1. The smallest absolute Gasteiger partial charge is 0.146 e. The second-order valence-corrected chi connectivity index (χ2v) is 6.42. The lowest BCUT2D eigenvalue weighted by Gasteiger charge is -2.36. The number of rotatable bonds is 1. The minimum absolute atomic E-state index is 0.0497. The van der Waals surface area contributed by atoms with Crippen molar-refractivity contribution < 1.29 is 4.52 Å². The van der Waals surface area contributed by atoms with Crippen molar-refractivity contribution in [1.29, 1.82) is 0 Å². The third kappa shape index (κ3) is 1.55. The highest BCUT2D eigenvalue weighted by Crippen LogP contribution is 2.59. The highest BCUT2D eigenvalue weighted by molar-refractivity contribution is 5.38. The Morgan fingerprint density at radius 2 is 2.05 bits per heavy atom. The molecule has 0 amide bonds. The number of hydrogen-bond acceptors (Lipinski definition) is 4. The van der Waals surface area contributed by atoms with E-state index in [4.69, 9.17) is 9.51 Å². The molecule has 2 aliphatic carbocycles. The van der Waals surface area contributed by atoms with Crippen LogP contribution in [0.25, 0.3) is 0 Å². The zero-order valence-corrected chi connectivity index (χ0v) is 11.3. The second kappa shape index (κ2) is 3.44. The van der Waals surface area contributed by atoms with Crippen LogP contribution in [0.2, 0.25) is 0 Å². The van der Waals surface area contributed by atoms with Gasteiger partial charge < -0.3 is 4.52 Å². The van der Waals surface area contributed by atoms with E-state index in [-0.39, 0.29) is 10.8 Å². The molecule has 0 aliphatic heterocycles. The van der Waals surface area contributed by atoms with Crippen molar-refractivity contribution in [2.75, 3.05) is 0 Å². The largest absolute Gasteiger partial charge is 0.361 e. The highest BCUT2D eigenvalue weighted by atomic mass is 16.5. The second-order valence-electron chi connectivity index (χ2n) is 6.42. The molecule has 0 saturated heterocycles. The van der Waals surface area contributed by atoms with Crippen LogP contribution in [-0.2, 0) is 17.3 Å². The van der Waals surface area contributed by atoms with Crippen LogP contribution >= 0.6 is 0 Å². The van der Waals surface area contributed by atoms with Gasteiger partial charge in [0.1, 0.15) is 5.76 Å². The van der Waals surface area contributed by atoms with Crippen molar-refractivity contribution in [2.45, 2.75) is 50.4 Å². The Bertz CT molecular complexity index is 644. The van der Waals surface area contributed by atoms with E-state index in [1.807, 2.05) is 25.5 Å². The van der Waals surface area contributed by atoms with Crippen molar-refractivity contribution in [3.05, 3.63) is 41.3 Å². The highest BCUT2D eigenvalue weighted by Gasteiger charge is 2.56. The number of aromatic nitrogens is 3. The summed E-state index contributed by atoms with van der Waals surface area (Å²) in [4.78, 5) is 9.02. The zero-order valence-electron chi connectivity index (χ0n) is 11.3. The van der Waals surface area contributed by atoms with Crippen molar-refractivity contribution in [3.63, 3.8) is 0 Å². The Balaban J connectivity index is 1.81. The molecule has 2 aromatic rings. The molecule has 4 nitrogen and oxygen atoms in total. The first-order chi connectivity index (χ1) is 9.11. The molecule has 2 aromatic heterocycles. The molecule has 1 atom stereocenters. The lowest BCUT2D eigenvalue weighted by molar-refractivity contribution is 0.273. The summed E-state index contributed by atoms with van der Waals surface area (Å²) < 4.78 is 5.50. The Labute approximate surface area is 112 Å². The molecule has 1 saturated carbocycles. The molecule has 4 heteroatoms. The molecular formula is C15H17N3O. The van der Waals surface area contributed by atoms with Gasteiger partial charge in [-0.1, -0.05) is 12.1 Å². The summed E-state index contributed by atoms with van der Waals surface area (Å²) in [5, 5.41) is 4.01. The number of fused-ring (bicyclic) bond motifs is 2. The van der Waals surface area contributed by atoms with Gasteiger partial charge in [0.2, 0.25) is 0 Å². The van der Waals surface area contributed by atoms with E-state index in [1.165, 1.54) is 18.4 Å². The zero-order chi connectivity index (χ0) is 13.1. The Hall–Kier alpha value is -1.71. The number of hydrogen-bond donors (Lipinski definition) is 0. The third-order valence-electron chi connectivity index (χ3n) is 4.66. The van der Waals surface area contributed by atoms with Crippen molar-refractivity contribution in [1.82, 2.24) is 15.1 Å². The van der Waals surface area contributed by atoms with Gasteiger partial charge in [0.25, 0.3) is 0 Å². The van der Waals surface area contributed by atoms with E-state index >= 15 is 0 Å². The molecule has 98 valence electrons. The van der Waals surface area contributed by atoms with Crippen molar-refractivity contribution >= 4 is 0 Å². The maximum atomic E-state index is 5.50. The van der Waals surface area contributed by atoms with Gasteiger partial charge in [0, 0.05) is 28.8 Å². The van der Waals surface area contributed by atoms with Crippen LogP contribution in [0.4, 0.5) is 0 Å². The van der Waals surface area contributed by atoms with E-state index in [2.05, 4.69) is 17.1 Å². The normalized spacial score (nSPS) is 27.3. The summed E-state index contributed by atoms with van der Waals surface area (Å²) in [5.41, 5.74) is 3.62. The van der Waals surface area contributed by atoms with Gasteiger partial charge in [0.05, 0.1) is 17.6 Å². The van der Waals surface area contributed by atoms with Crippen LogP contribution in [-0.4, -0.2) is 15.1 Å². The summed E-state index contributed by atoms with van der Waals surface area (Å²) in [7, 11) is 0. The first kappa shape index (κ1) is 11.1. The van der Waals surface area contributed by atoms with Gasteiger partial charge >= 0.3 is 0 Å². The van der Waals surface area contributed by atoms with E-state index in [0.717, 1.165) is 30.0 Å². The van der Waals surface area contributed by atoms with Gasteiger partial charge in [-0.3, -0.25) is 9.97 Å². The Morgan fingerprint density at radius 1 is 1.21 bits per heavy atom.